The lowest BCUT2D eigenvalue weighted by Gasteiger charge is -2.26. The summed E-state index contributed by atoms with van der Waals surface area (Å²) in [5.41, 5.74) is 2.83. The number of imidazole rings is 1. The monoisotopic (exact) mass is 270 g/mol. The molecule has 0 fully saturated rings. The van der Waals surface area contributed by atoms with E-state index >= 15 is 0 Å². The summed E-state index contributed by atoms with van der Waals surface area (Å²) in [6.07, 6.45) is 5.58. The van der Waals surface area contributed by atoms with E-state index in [1.54, 1.807) is 0 Å². The first-order valence-corrected chi connectivity index (χ1v) is 6.93. The third-order valence-corrected chi connectivity index (χ3v) is 4.13. The summed E-state index contributed by atoms with van der Waals surface area (Å²) in [7, 11) is 0. The second-order valence-electron chi connectivity index (χ2n) is 4.74. The summed E-state index contributed by atoms with van der Waals surface area (Å²) >= 11 is 3.48. The molecule has 1 aromatic heterocycles. The molecule has 1 aliphatic carbocycles. The molecular weight excluding hydrogens is 252 g/mol. The Labute approximate surface area is 100 Å². The largest absolute Gasteiger partial charge is 0.334 e. The van der Waals surface area contributed by atoms with Gasteiger partial charge in [-0.05, 0) is 31.1 Å². The maximum absolute atomic E-state index is 4.54. The molecule has 0 aromatic carbocycles. The van der Waals surface area contributed by atoms with Gasteiger partial charge in [0.05, 0.1) is 12.0 Å². The van der Waals surface area contributed by atoms with Crippen molar-refractivity contribution in [2.75, 3.05) is 5.33 Å². The summed E-state index contributed by atoms with van der Waals surface area (Å²) in [5, 5.41) is 1.08. The molecule has 2 rings (SSSR count). The summed E-state index contributed by atoms with van der Waals surface area (Å²) in [4.78, 5) is 4.54. The van der Waals surface area contributed by atoms with Crippen molar-refractivity contribution < 1.29 is 0 Å². The van der Waals surface area contributed by atoms with Crippen LogP contribution in [0.4, 0.5) is 0 Å². The van der Waals surface area contributed by atoms with Gasteiger partial charge in [-0.2, -0.15) is 0 Å². The zero-order valence-electron chi connectivity index (χ0n) is 9.54. The Morgan fingerprint density at radius 3 is 2.87 bits per heavy atom. The van der Waals surface area contributed by atoms with Crippen molar-refractivity contribution in [1.82, 2.24) is 9.55 Å². The highest BCUT2D eigenvalue weighted by Crippen LogP contribution is 2.29. The van der Waals surface area contributed by atoms with Gasteiger partial charge in [-0.1, -0.05) is 29.8 Å². The normalized spacial score (nSPS) is 25.3. The molecule has 1 heterocycles. The van der Waals surface area contributed by atoms with Crippen LogP contribution in [0.5, 0.6) is 0 Å². The summed E-state index contributed by atoms with van der Waals surface area (Å²) in [5.74, 6) is 1.59. The molecule has 84 valence electrons. The second-order valence-corrected chi connectivity index (χ2v) is 5.53. The highest BCUT2D eigenvalue weighted by molar-refractivity contribution is 9.09. The average molecular weight is 271 g/mol. The third kappa shape index (κ3) is 2.27. The van der Waals surface area contributed by atoms with Crippen molar-refractivity contribution in [3.8, 4) is 0 Å². The topological polar surface area (TPSA) is 17.8 Å². The Bertz CT molecular complexity index is 332. The summed E-state index contributed by atoms with van der Waals surface area (Å²) < 4.78 is 2.35. The van der Waals surface area contributed by atoms with Gasteiger partial charge in [-0.25, -0.2) is 4.98 Å². The summed E-state index contributed by atoms with van der Waals surface area (Å²) in [6.45, 7) is 5.80. The first-order chi connectivity index (χ1) is 7.22. The quantitative estimate of drug-likeness (QED) is 0.773. The van der Waals surface area contributed by atoms with Gasteiger partial charge >= 0.3 is 0 Å². The molecule has 2 unspecified atom stereocenters. The van der Waals surface area contributed by atoms with E-state index in [4.69, 9.17) is 0 Å². The van der Waals surface area contributed by atoms with Crippen LogP contribution in [-0.4, -0.2) is 14.9 Å². The molecule has 1 aromatic rings. The molecule has 1 aliphatic rings. The highest BCUT2D eigenvalue weighted by Gasteiger charge is 2.25. The van der Waals surface area contributed by atoms with Gasteiger partial charge in [0.1, 0.15) is 0 Å². The number of aromatic nitrogens is 2. The number of alkyl halides is 1. The molecule has 0 radical (unpaired) electrons. The van der Waals surface area contributed by atoms with Gasteiger partial charge < -0.3 is 4.57 Å². The third-order valence-electron chi connectivity index (χ3n) is 3.57. The van der Waals surface area contributed by atoms with Crippen LogP contribution in [0, 0.1) is 11.8 Å². The molecule has 2 nitrogen and oxygen atoms in total. The van der Waals surface area contributed by atoms with Crippen molar-refractivity contribution in [2.24, 2.45) is 11.8 Å². The Kier molecular flexibility index (Phi) is 3.49. The number of hydrogen-bond donors (Lipinski definition) is 0. The van der Waals surface area contributed by atoms with Gasteiger partial charge in [0, 0.05) is 17.6 Å². The van der Waals surface area contributed by atoms with Crippen LogP contribution in [-0.2, 0) is 19.4 Å². The Morgan fingerprint density at radius 1 is 1.40 bits per heavy atom. The number of halogens is 1. The zero-order chi connectivity index (χ0) is 10.8. The number of rotatable bonds is 3. The van der Waals surface area contributed by atoms with Crippen molar-refractivity contribution in [2.45, 2.75) is 39.7 Å². The van der Waals surface area contributed by atoms with E-state index in [0.717, 1.165) is 30.1 Å². The van der Waals surface area contributed by atoms with Crippen molar-refractivity contribution >= 4 is 15.9 Å². The van der Waals surface area contributed by atoms with Crippen LogP contribution in [0.1, 0.15) is 31.7 Å². The second kappa shape index (κ2) is 4.69. The number of nitrogens with zero attached hydrogens (tertiary/aromatic N) is 2. The SMILES string of the molecule is CC1Cc2ncn(CCCBr)c2CC1C. The van der Waals surface area contributed by atoms with Crippen LogP contribution in [0.3, 0.4) is 0 Å². The lowest BCUT2D eigenvalue weighted by molar-refractivity contribution is 0.348. The zero-order valence-corrected chi connectivity index (χ0v) is 11.1. The van der Waals surface area contributed by atoms with Crippen molar-refractivity contribution in [3.05, 3.63) is 17.7 Å². The maximum atomic E-state index is 4.54. The minimum atomic E-state index is 0.789. The van der Waals surface area contributed by atoms with E-state index in [-0.39, 0.29) is 0 Å². The first kappa shape index (κ1) is 11.2. The Balaban J connectivity index is 2.16. The van der Waals surface area contributed by atoms with Gasteiger partial charge in [-0.15, -0.1) is 0 Å². The molecule has 0 saturated heterocycles. The first-order valence-electron chi connectivity index (χ1n) is 5.81. The van der Waals surface area contributed by atoms with E-state index in [0.29, 0.717) is 0 Å². The van der Waals surface area contributed by atoms with E-state index in [2.05, 4.69) is 39.3 Å². The predicted octanol–water partition coefficient (Wildman–Crippen LogP) is 3.04. The van der Waals surface area contributed by atoms with Crippen LogP contribution in [0.25, 0.3) is 0 Å². The number of aryl methyl sites for hydroxylation is 1. The van der Waals surface area contributed by atoms with Crippen molar-refractivity contribution in [1.29, 1.82) is 0 Å². The summed E-state index contributed by atoms with van der Waals surface area (Å²) in [6, 6.07) is 0. The number of fused-ring (bicyclic) bond motifs is 1. The van der Waals surface area contributed by atoms with E-state index in [1.165, 1.54) is 24.2 Å². The molecule has 0 aliphatic heterocycles. The molecule has 0 bridgehead atoms. The molecule has 0 saturated carbocycles. The Morgan fingerprint density at radius 2 is 2.13 bits per heavy atom. The predicted molar refractivity (Wildman–Crippen MR) is 66.4 cm³/mol. The molecule has 2 atom stereocenters. The van der Waals surface area contributed by atoms with E-state index in [1.807, 2.05) is 6.33 Å². The van der Waals surface area contributed by atoms with Crippen LogP contribution >= 0.6 is 15.9 Å². The van der Waals surface area contributed by atoms with Gasteiger partial charge in [-0.3, -0.25) is 0 Å². The molecule has 0 spiro atoms. The fourth-order valence-corrected chi connectivity index (χ4v) is 2.54. The lowest BCUT2D eigenvalue weighted by Crippen LogP contribution is -2.22. The average Bonchev–Trinajstić information content (AvgIpc) is 2.59. The molecule has 0 N–H and O–H groups in total. The molecular formula is C12H19BrN2. The van der Waals surface area contributed by atoms with E-state index < -0.39 is 0 Å². The van der Waals surface area contributed by atoms with Gasteiger partial charge in [0.25, 0.3) is 0 Å². The smallest absolute Gasteiger partial charge is 0.0951 e. The fourth-order valence-electron chi connectivity index (χ4n) is 2.29. The van der Waals surface area contributed by atoms with Gasteiger partial charge in [0.2, 0.25) is 0 Å². The van der Waals surface area contributed by atoms with Crippen molar-refractivity contribution in [3.63, 3.8) is 0 Å². The highest BCUT2D eigenvalue weighted by atomic mass is 79.9. The molecule has 3 heteroatoms. The number of hydrogen-bond acceptors (Lipinski definition) is 1. The molecule has 15 heavy (non-hydrogen) atoms. The minimum Gasteiger partial charge on any atom is -0.334 e. The van der Waals surface area contributed by atoms with Crippen LogP contribution in [0.15, 0.2) is 6.33 Å². The van der Waals surface area contributed by atoms with Crippen LogP contribution < -0.4 is 0 Å². The minimum absolute atomic E-state index is 0.789. The molecule has 0 amide bonds. The maximum Gasteiger partial charge on any atom is 0.0951 e. The van der Waals surface area contributed by atoms with Gasteiger partial charge in [0.15, 0.2) is 0 Å². The van der Waals surface area contributed by atoms with Crippen LogP contribution in [0.2, 0.25) is 0 Å². The lowest BCUT2D eigenvalue weighted by atomic mass is 9.82. The Hall–Kier alpha value is -0.310. The van der Waals surface area contributed by atoms with E-state index in [9.17, 15) is 0 Å². The standard InChI is InChI=1S/C12H19BrN2/c1-9-6-11-12(7-10(9)2)15(8-14-11)5-3-4-13/h8-10H,3-7H2,1-2H3. The fraction of sp³-hybridized carbons (Fsp3) is 0.750.